The van der Waals surface area contributed by atoms with Crippen LogP contribution in [0.4, 0.5) is 15.8 Å². The highest BCUT2D eigenvalue weighted by atomic mass is 79.9. The number of Topliss-reactive ketones (excluding diaryl/α,β-unsaturated/α-hetero) is 1. The van der Waals surface area contributed by atoms with Gasteiger partial charge >= 0.3 is 0 Å². The Bertz CT molecular complexity index is 436. The molecule has 0 aliphatic rings. The van der Waals surface area contributed by atoms with Crippen LogP contribution in [0.1, 0.15) is 10.4 Å². The van der Waals surface area contributed by atoms with Gasteiger partial charge in [-0.25, -0.2) is 4.39 Å². The number of anilines is 1. The molecule has 0 heterocycles. The summed E-state index contributed by atoms with van der Waals surface area (Å²) >= 11 is 2.82. The third kappa shape index (κ3) is 2.30. The lowest BCUT2D eigenvalue weighted by Crippen LogP contribution is -2.08. The second kappa shape index (κ2) is 4.35. The van der Waals surface area contributed by atoms with E-state index in [0.29, 0.717) is 0 Å². The first-order valence-electron chi connectivity index (χ1n) is 3.80. The fourth-order valence-electron chi connectivity index (χ4n) is 1.10. The largest absolute Gasteiger partial charge is 0.398 e. The van der Waals surface area contributed by atoms with E-state index in [9.17, 15) is 19.3 Å². The molecule has 0 saturated heterocycles. The zero-order chi connectivity index (χ0) is 11.6. The molecule has 2 N–H and O–H groups in total. The smallest absolute Gasteiger partial charge is 0.285 e. The summed E-state index contributed by atoms with van der Waals surface area (Å²) in [5.41, 5.74) is 3.98. The molecule has 1 aromatic carbocycles. The Balaban J connectivity index is 3.46. The van der Waals surface area contributed by atoms with E-state index in [4.69, 9.17) is 5.73 Å². The molecule has 0 aromatic heterocycles. The maximum Gasteiger partial charge on any atom is 0.285 e. The number of hydrogen-bond acceptors (Lipinski definition) is 4. The number of nitrogen functional groups attached to an aromatic ring is 1. The number of rotatable bonds is 3. The SMILES string of the molecule is Nc1cc(F)c(C(=O)CBr)c([N+](=O)[O-])c1. The van der Waals surface area contributed by atoms with Gasteiger partial charge in [-0.1, -0.05) is 15.9 Å². The molecule has 0 fully saturated rings. The molecular formula is C8H6BrFN2O3. The number of nitrogens with zero attached hydrogens (tertiary/aromatic N) is 1. The van der Waals surface area contributed by atoms with Crippen molar-refractivity contribution in [2.24, 2.45) is 0 Å². The third-order valence-electron chi connectivity index (χ3n) is 1.69. The Morgan fingerprint density at radius 2 is 2.20 bits per heavy atom. The van der Waals surface area contributed by atoms with Gasteiger partial charge in [0.1, 0.15) is 11.4 Å². The van der Waals surface area contributed by atoms with Gasteiger partial charge in [0.25, 0.3) is 5.69 Å². The normalized spacial score (nSPS) is 10.0. The molecule has 1 aromatic rings. The van der Waals surface area contributed by atoms with E-state index >= 15 is 0 Å². The number of nitrogens with two attached hydrogens (primary N) is 1. The van der Waals surface area contributed by atoms with Crippen molar-refractivity contribution in [2.45, 2.75) is 0 Å². The van der Waals surface area contributed by atoms with E-state index in [0.717, 1.165) is 12.1 Å². The lowest BCUT2D eigenvalue weighted by Gasteiger charge is -2.02. The van der Waals surface area contributed by atoms with Crippen molar-refractivity contribution >= 4 is 33.1 Å². The van der Waals surface area contributed by atoms with Crippen LogP contribution in [-0.4, -0.2) is 16.0 Å². The number of nitro groups is 1. The zero-order valence-corrected chi connectivity index (χ0v) is 8.95. The van der Waals surface area contributed by atoms with Crippen LogP contribution in [0.2, 0.25) is 0 Å². The van der Waals surface area contributed by atoms with Crippen molar-refractivity contribution < 1.29 is 14.1 Å². The number of ketones is 1. The Hall–Kier alpha value is -1.50. The molecule has 0 amide bonds. The van der Waals surface area contributed by atoms with E-state index < -0.39 is 27.8 Å². The van der Waals surface area contributed by atoms with Gasteiger partial charge in [-0.15, -0.1) is 0 Å². The molecule has 0 saturated carbocycles. The molecule has 0 atom stereocenters. The number of nitro benzene ring substituents is 1. The van der Waals surface area contributed by atoms with Gasteiger partial charge in [0, 0.05) is 11.8 Å². The molecule has 7 heteroatoms. The molecule has 5 nitrogen and oxygen atoms in total. The Kier molecular flexibility index (Phi) is 3.35. The number of benzene rings is 1. The summed E-state index contributed by atoms with van der Waals surface area (Å²) in [6.07, 6.45) is 0. The molecule has 0 aliphatic heterocycles. The van der Waals surface area contributed by atoms with Gasteiger partial charge in [0.15, 0.2) is 5.78 Å². The molecule has 0 radical (unpaired) electrons. The second-order valence-corrected chi connectivity index (χ2v) is 3.27. The van der Waals surface area contributed by atoms with E-state index in [1.807, 2.05) is 0 Å². The Morgan fingerprint density at radius 3 is 2.67 bits per heavy atom. The van der Waals surface area contributed by atoms with Gasteiger partial charge in [0.2, 0.25) is 0 Å². The van der Waals surface area contributed by atoms with E-state index in [1.54, 1.807) is 0 Å². The first-order chi connectivity index (χ1) is 6.97. The highest BCUT2D eigenvalue weighted by Gasteiger charge is 2.24. The summed E-state index contributed by atoms with van der Waals surface area (Å²) in [5, 5.41) is 10.4. The molecule has 0 unspecified atom stereocenters. The van der Waals surface area contributed by atoms with Crippen LogP contribution in [0.3, 0.4) is 0 Å². The number of halogens is 2. The topological polar surface area (TPSA) is 86.2 Å². The number of hydrogen-bond donors (Lipinski definition) is 1. The van der Waals surface area contributed by atoms with Crippen molar-refractivity contribution in [1.82, 2.24) is 0 Å². The number of carbonyl (C=O) groups is 1. The van der Waals surface area contributed by atoms with E-state index in [2.05, 4.69) is 15.9 Å². The maximum absolute atomic E-state index is 13.3. The highest BCUT2D eigenvalue weighted by molar-refractivity contribution is 9.09. The van der Waals surface area contributed by atoms with E-state index in [-0.39, 0.29) is 11.0 Å². The standard InChI is InChI=1S/C8H6BrFN2O3/c9-3-7(13)8-5(10)1-4(11)2-6(8)12(14)15/h1-2H,3,11H2. The fraction of sp³-hybridized carbons (Fsp3) is 0.125. The average Bonchev–Trinajstić information content (AvgIpc) is 2.15. The summed E-state index contributed by atoms with van der Waals surface area (Å²) < 4.78 is 13.3. The van der Waals surface area contributed by atoms with Crippen LogP contribution in [0.5, 0.6) is 0 Å². The summed E-state index contributed by atoms with van der Waals surface area (Å²) in [7, 11) is 0. The molecule has 15 heavy (non-hydrogen) atoms. The van der Waals surface area contributed by atoms with Gasteiger partial charge in [-0.3, -0.25) is 14.9 Å². The number of carbonyl (C=O) groups excluding carboxylic acids is 1. The lowest BCUT2D eigenvalue weighted by molar-refractivity contribution is -0.385. The van der Waals surface area contributed by atoms with Gasteiger partial charge in [0.05, 0.1) is 10.3 Å². The van der Waals surface area contributed by atoms with Crippen molar-refractivity contribution in [1.29, 1.82) is 0 Å². The monoisotopic (exact) mass is 276 g/mol. The zero-order valence-electron chi connectivity index (χ0n) is 7.37. The van der Waals surface area contributed by atoms with Crippen LogP contribution in [0.15, 0.2) is 12.1 Å². The predicted octanol–water partition coefficient (Wildman–Crippen LogP) is 1.89. The van der Waals surface area contributed by atoms with Gasteiger partial charge in [-0.2, -0.15) is 0 Å². The van der Waals surface area contributed by atoms with Crippen LogP contribution < -0.4 is 5.73 Å². The summed E-state index contributed by atoms with van der Waals surface area (Å²) in [5.74, 6) is -1.68. The second-order valence-electron chi connectivity index (χ2n) is 2.71. The van der Waals surface area contributed by atoms with Crippen molar-refractivity contribution in [3.05, 3.63) is 33.6 Å². The molecular weight excluding hydrogens is 271 g/mol. The maximum atomic E-state index is 13.3. The predicted molar refractivity (Wildman–Crippen MR) is 55.6 cm³/mol. The molecule has 0 bridgehead atoms. The van der Waals surface area contributed by atoms with Crippen LogP contribution in [0.25, 0.3) is 0 Å². The van der Waals surface area contributed by atoms with Gasteiger partial charge < -0.3 is 5.73 Å². The number of alkyl halides is 1. The van der Waals surface area contributed by atoms with Crippen LogP contribution in [-0.2, 0) is 0 Å². The molecule has 80 valence electrons. The summed E-state index contributed by atoms with van der Waals surface area (Å²) in [4.78, 5) is 21.0. The van der Waals surface area contributed by atoms with Crippen molar-refractivity contribution in [3.8, 4) is 0 Å². The Morgan fingerprint density at radius 1 is 1.60 bits per heavy atom. The molecule has 1 rings (SSSR count). The van der Waals surface area contributed by atoms with Crippen LogP contribution >= 0.6 is 15.9 Å². The first kappa shape index (κ1) is 11.6. The Labute approximate surface area is 92.3 Å². The fourth-order valence-corrected chi connectivity index (χ4v) is 1.38. The minimum Gasteiger partial charge on any atom is -0.398 e. The lowest BCUT2D eigenvalue weighted by atomic mass is 10.1. The van der Waals surface area contributed by atoms with Crippen molar-refractivity contribution in [2.75, 3.05) is 11.1 Å². The first-order valence-corrected chi connectivity index (χ1v) is 4.92. The summed E-state index contributed by atoms with van der Waals surface area (Å²) in [6, 6.07) is 1.84. The highest BCUT2D eigenvalue weighted by Crippen LogP contribution is 2.25. The van der Waals surface area contributed by atoms with E-state index in [1.165, 1.54) is 0 Å². The van der Waals surface area contributed by atoms with Crippen LogP contribution in [0, 0.1) is 15.9 Å². The molecule has 0 spiro atoms. The molecule has 0 aliphatic carbocycles. The van der Waals surface area contributed by atoms with Gasteiger partial charge in [-0.05, 0) is 6.07 Å². The quantitative estimate of drug-likeness (QED) is 0.300. The average molecular weight is 277 g/mol. The third-order valence-corrected chi connectivity index (χ3v) is 2.20. The summed E-state index contributed by atoms with van der Waals surface area (Å²) in [6.45, 7) is 0. The minimum atomic E-state index is -0.980. The van der Waals surface area contributed by atoms with Crippen molar-refractivity contribution in [3.63, 3.8) is 0 Å². The minimum absolute atomic E-state index is 0.0923.